The minimum atomic E-state index is -3.78. The van der Waals surface area contributed by atoms with Crippen LogP contribution < -0.4 is 0 Å². The fraction of sp³-hybridized carbons (Fsp3) is 0.462. The maximum Gasteiger partial charge on any atom is 0.309 e. The van der Waals surface area contributed by atoms with Crippen LogP contribution in [-0.2, 0) is 23.8 Å². The molecule has 1 heterocycles. The third kappa shape index (κ3) is 2.37. The Kier molecular flexibility index (Phi) is 2.87. The SMILES string of the molecule is Cc1ccc(S(=O)(=O)OC[C@H]2OC(=O)[C@@H]3C[C@H]23)cc1. The molecule has 0 amide bonds. The number of fused-ring (bicyclic) bond motifs is 1. The van der Waals surface area contributed by atoms with Gasteiger partial charge in [-0.2, -0.15) is 8.42 Å². The van der Waals surface area contributed by atoms with E-state index in [1.54, 1.807) is 12.1 Å². The molecule has 3 atom stereocenters. The maximum absolute atomic E-state index is 11.9. The average Bonchev–Trinajstić information content (AvgIpc) is 3.09. The molecule has 102 valence electrons. The number of carbonyl (C=O) groups is 1. The van der Waals surface area contributed by atoms with Gasteiger partial charge in [0.05, 0.1) is 10.8 Å². The van der Waals surface area contributed by atoms with E-state index in [1.165, 1.54) is 12.1 Å². The van der Waals surface area contributed by atoms with Crippen LogP contribution in [0.1, 0.15) is 12.0 Å². The van der Waals surface area contributed by atoms with E-state index in [9.17, 15) is 13.2 Å². The average molecular weight is 282 g/mol. The van der Waals surface area contributed by atoms with E-state index in [0.717, 1.165) is 12.0 Å². The third-order valence-electron chi connectivity index (χ3n) is 3.58. The van der Waals surface area contributed by atoms with Crippen LogP contribution in [-0.4, -0.2) is 27.1 Å². The number of cyclic esters (lactones) is 1. The van der Waals surface area contributed by atoms with Crippen LogP contribution in [0.3, 0.4) is 0 Å². The summed E-state index contributed by atoms with van der Waals surface area (Å²) in [5.41, 5.74) is 0.976. The molecule has 1 saturated carbocycles. The third-order valence-corrected chi connectivity index (χ3v) is 4.88. The summed E-state index contributed by atoms with van der Waals surface area (Å²) in [4.78, 5) is 11.4. The van der Waals surface area contributed by atoms with E-state index in [1.807, 2.05) is 6.92 Å². The number of aryl methyl sites for hydroxylation is 1. The van der Waals surface area contributed by atoms with Gasteiger partial charge in [-0.25, -0.2) is 0 Å². The van der Waals surface area contributed by atoms with Crippen LogP contribution in [0.4, 0.5) is 0 Å². The molecule has 1 aliphatic carbocycles. The predicted octanol–water partition coefficient (Wildman–Crippen LogP) is 1.26. The summed E-state index contributed by atoms with van der Waals surface area (Å²) in [5, 5.41) is 0. The Balaban J connectivity index is 1.66. The number of carbonyl (C=O) groups excluding carboxylic acids is 1. The second-order valence-electron chi connectivity index (χ2n) is 5.03. The van der Waals surface area contributed by atoms with Gasteiger partial charge in [-0.3, -0.25) is 8.98 Å². The van der Waals surface area contributed by atoms with Crippen molar-refractivity contribution < 1.29 is 22.1 Å². The zero-order chi connectivity index (χ0) is 13.6. The lowest BCUT2D eigenvalue weighted by Crippen LogP contribution is -2.22. The molecule has 0 radical (unpaired) electrons. The second-order valence-corrected chi connectivity index (χ2v) is 6.65. The van der Waals surface area contributed by atoms with Crippen molar-refractivity contribution in [2.45, 2.75) is 24.3 Å². The number of hydrogen-bond acceptors (Lipinski definition) is 5. The van der Waals surface area contributed by atoms with Crippen LogP contribution in [0, 0.1) is 18.8 Å². The highest BCUT2D eigenvalue weighted by atomic mass is 32.2. The molecule has 5 nitrogen and oxygen atoms in total. The second kappa shape index (κ2) is 4.31. The largest absolute Gasteiger partial charge is 0.459 e. The van der Waals surface area contributed by atoms with Gasteiger partial charge in [0, 0.05) is 5.92 Å². The molecule has 1 aromatic carbocycles. The number of ether oxygens (including phenoxy) is 1. The Morgan fingerprint density at radius 3 is 2.53 bits per heavy atom. The maximum atomic E-state index is 11.9. The smallest absolute Gasteiger partial charge is 0.309 e. The minimum absolute atomic E-state index is 0.0318. The minimum Gasteiger partial charge on any atom is -0.459 e. The summed E-state index contributed by atoms with van der Waals surface area (Å²) in [7, 11) is -3.78. The highest BCUT2D eigenvalue weighted by molar-refractivity contribution is 7.86. The summed E-state index contributed by atoms with van der Waals surface area (Å²) < 4.78 is 33.9. The lowest BCUT2D eigenvalue weighted by Gasteiger charge is -2.12. The van der Waals surface area contributed by atoms with Crippen LogP contribution >= 0.6 is 0 Å². The van der Waals surface area contributed by atoms with Crippen molar-refractivity contribution in [3.8, 4) is 0 Å². The molecular weight excluding hydrogens is 268 g/mol. The standard InChI is InChI=1S/C13H14O5S/c1-8-2-4-9(5-3-8)19(15,16)17-7-12-10-6-11(10)13(14)18-12/h2-5,10-12H,6-7H2,1H3/t10-,11+,12+/m0/s1. The highest BCUT2D eigenvalue weighted by Crippen LogP contribution is 2.49. The van der Waals surface area contributed by atoms with Gasteiger partial charge in [0.1, 0.15) is 12.7 Å². The summed E-state index contributed by atoms with van der Waals surface area (Å²) in [5.74, 6) is -0.122. The van der Waals surface area contributed by atoms with Crippen molar-refractivity contribution in [1.29, 1.82) is 0 Å². The zero-order valence-corrected chi connectivity index (χ0v) is 11.2. The molecule has 0 spiro atoms. The van der Waals surface area contributed by atoms with E-state index in [4.69, 9.17) is 8.92 Å². The molecule has 0 bridgehead atoms. The predicted molar refractivity (Wildman–Crippen MR) is 65.8 cm³/mol. The first kappa shape index (κ1) is 12.6. The lowest BCUT2D eigenvalue weighted by atomic mass is 10.2. The van der Waals surface area contributed by atoms with Crippen molar-refractivity contribution in [2.24, 2.45) is 11.8 Å². The van der Waals surface area contributed by atoms with Crippen molar-refractivity contribution in [2.75, 3.05) is 6.61 Å². The van der Waals surface area contributed by atoms with Crippen molar-refractivity contribution >= 4 is 16.1 Å². The highest BCUT2D eigenvalue weighted by Gasteiger charge is 2.56. The van der Waals surface area contributed by atoms with Gasteiger partial charge in [0.15, 0.2) is 0 Å². The topological polar surface area (TPSA) is 69.7 Å². The quantitative estimate of drug-likeness (QED) is 0.614. The van der Waals surface area contributed by atoms with E-state index in [2.05, 4.69) is 0 Å². The van der Waals surface area contributed by atoms with E-state index in [-0.39, 0.29) is 29.3 Å². The number of benzene rings is 1. The first-order valence-electron chi connectivity index (χ1n) is 6.14. The van der Waals surface area contributed by atoms with Gasteiger partial charge in [-0.1, -0.05) is 17.7 Å². The fourth-order valence-corrected chi connectivity index (χ4v) is 3.23. The Labute approximate surface area is 111 Å². The van der Waals surface area contributed by atoms with Crippen molar-refractivity contribution in [3.63, 3.8) is 0 Å². The summed E-state index contributed by atoms with van der Waals surface area (Å²) >= 11 is 0. The Hall–Kier alpha value is -1.40. The molecule has 1 aromatic rings. The fourth-order valence-electron chi connectivity index (χ4n) is 2.31. The molecule has 2 aliphatic rings. The van der Waals surface area contributed by atoms with Crippen LogP contribution in [0.2, 0.25) is 0 Å². The normalized spacial score (nSPS) is 28.9. The van der Waals surface area contributed by atoms with Crippen molar-refractivity contribution in [1.82, 2.24) is 0 Å². The van der Waals surface area contributed by atoms with Gasteiger partial charge < -0.3 is 4.74 Å². The van der Waals surface area contributed by atoms with Gasteiger partial charge in [-0.05, 0) is 25.5 Å². The Morgan fingerprint density at radius 2 is 2.00 bits per heavy atom. The number of rotatable bonds is 4. The molecule has 1 aliphatic heterocycles. The Bertz CT molecular complexity index is 604. The zero-order valence-electron chi connectivity index (χ0n) is 10.4. The molecule has 0 aromatic heterocycles. The molecule has 19 heavy (non-hydrogen) atoms. The van der Waals surface area contributed by atoms with E-state index < -0.39 is 16.2 Å². The van der Waals surface area contributed by atoms with E-state index in [0.29, 0.717) is 0 Å². The van der Waals surface area contributed by atoms with Gasteiger partial charge in [-0.15, -0.1) is 0 Å². The van der Waals surface area contributed by atoms with Gasteiger partial charge >= 0.3 is 5.97 Å². The Morgan fingerprint density at radius 1 is 1.32 bits per heavy atom. The molecule has 2 fully saturated rings. The lowest BCUT2D eigenvalue weighted by molar-refractivity contribution is -0.146. The summed E-state index contributed by atoms with van der Waals surface area (Å²) in [6, 6.07) is 6.43. The van der Waals surface area contributed by atoms with Gasteiger partial charge in [0.2, 0.25) is 0 Å². The molecular formula is C13H14O5S. The molecule has 3 rings (SSSR count). The molecule has 0 N–H and O–H groups in total. The summed E-state index contributed by atoms with van der Waals surface area (Å²) in [6.07, 6.45) is 0.370. The monoisotopic (exact) mass is 282 g/mol. The first-order valence-corrected chi connectivity index (χ1v) is 7.55. The molecule has 6 heteroatoms. The van der Waals surface area contributed by atoms with Gasteiger partial charge in [0.25, 0.3) is 10.1 Å². The van der Waals surface area contributed by atoms with Crippen LogP contribution in [0.5, 0.6) is 0 Å². The van der Waals surface area contributed by atoms with Crippen LogP contribution in [0.25, 0.3) is 0 Å². The first-order chi connectivity index (χ1) is 8.97. The molecule has 1 saturated heterocycles. The van der Waals surface area contributed by atoms with E-state index >= 15 is 0 Å². The van der Waals surface area contributed by atoms with Crippen LogP contribution in [0.15, 0.2) is 29.2 Å². The van der Waals surface area contributed by atoms with Crippen molar-refractivity contribution in [3.05, 3.63) is 29.8 Å². The number of esters is 1. The number of hydrogen-bond donors (Lipinski definition) is 0. The summed E-state index contributed by atoms with van der Waals surface area (Å²) in [6.45, 7) is 1.78. The molecule has 0 unspecified atom stereocenters.